The van der Waals surface area contributed by atoms with Crippen LogP contribution in [0.25, 0.3) is 0 Å². The van der Waals surface area contributed by atoms with Crippen molar-refractivity contribution in [2.45, 2.75) is 39.3 Å². The van der Waals surface area contributed by atoms with Gasteiger partial charge < -0.3 is 10.4 Å². The number of amides is 1. The summed E-state index contributed by atoms with van der Waals surface area (Å²) in [6, 6.07) is 4.47. The van der Waals surface area contributed by atoms with Gasteiger partial charge in [-0.15, -0.1) is 11.3 Å². The third-order valence-electron chi connectivity index (χ3n) is 3.27. The molecule has 0 fully saturated rings. The van der Waals surface area contributed by atoms with Crippen molar-refractivity contribution in [3.05, 3.63) is 51.2 Å². The van der Waals surface area contributed by atoms with Crippen LogP contribution in [-0.2, 0) is 24.4 Å². The van der Waals surface area contributed by atoms with Crippen molar-refractivity contribution >= 4 is 17.2 Å². The number of aryl methyl sites for hydroxylation is 2. The minimum Gasteiger partial charge on any atom is -0.392 e. The second-order valence-electron chi connectivity index (χ2n) is 5.07. The van der Waals surface area contributed by atoms with Crippen LogP contribution >= 0.6 is 11.3 Å². The van der Waals surface area contributed by atoms with Crippen molar-refractivity contribution in [3.63, 3.8) is 0 Å². The van der Waals surface area contributed by atoms with E-state index >= 15 is 0 Å². The molecule has 2 N–H and O–H groups in total. The summed E-state index contributed by atoms with van der Waals surface area (Å²) in [7, 11) is 0. The Morgan fingerprint density at radius 2 is 2.27 bits per heavy atom. The summed E-state index contributed by atoms with van der Waals surface area (Å²) in [6.07, 6.45) is 1.98. The van der Waals surface area contributed by atoms with Gasteiger partial charge in [-0.3, -0.25) is 4.79 Å². The number of carbonyl (C=O) groups excluding carboxylic acids is 1. The van der Waals surface area contributed by atoms with Crippen LogP contribution in [0.5, 0.6) is 0 Å². The van der Waals surface area contributed by atoms with E-state index in [-0.39, 0.29) is 18.1 Å². The number of rotatable bonds is 7. The lowest BCUT2D eigenvalue weighted by molar-refractivity contribution is -0.121. The average Bonchev–Trinajstić information content (AvgIpc) is 2.92. The Morgan fingerprint density at radius 1 is 1.45 bits per heavy atom. The van der Waals surface area contributed by atoms with Gasteiger partial charge in [-0.2, -0.15) is 0 Å². The molecule has 0 aliphatic heterocycles. The molecule has 1 aromatic carbocycles. The summed E-state index contributed by atoms with van der Waals surface area (Å²) >= 11 is 1.61. The highest BCUT2D eigenvalue weighted by atomic mass is 32.1. The number of aliphatic hydroxyl groups excluding tert-OH is 1. The quantitative estimate of drug-likeness (QED) is 0.824. The molecule has 0 atom stereocenters. The molecular weight excluding hydrogens is 303 g/mol. The van der Waals surface area contributed by atoms with E-state index < -0.39 is 5.82 Å². The van der Waals surface area contributed by atoms with Gasteiger partial charge in [0.05, 0.1) is 17.3 Å². The van der Waals surface area contributed by atoms with E-state index in [1.165, 1.54) is 6.07 Å². The van der Waals surface area contributed by atoms with Gasteiger partial charge in [0.15, 0.2) is 0 Å². The van der Waals surface area contributed by atoms with Crippen LogP contribution in [0.1, 0.15) is 34.7 Å². The molecule has 0 saturated carbocycles. The maximum absolute atomic E-state index is 13.2. The highest BCUT2D eigenvalue weighted by Crippen LogP contribution is 2.12. The van der Waals surface area contributed by atoms with Crippen LogP contribution < -0.4 is 5.32 Å². The third-order valence-corrected chi connectivity index (χ3v) is 4.10. The molecule has 2 aromatic rings. The molecular formula is C16H19FN2O2S. The lowest BCUT2D eigenvalue weighted by Crippen LogP contribution is -2.22. The van der Waals surface area contributed by atoms with Gasteiger partial charge in [0, 0.05) is 23.9 Å². The number of thiazole rings is 1. The van der Waals surface area contributed by atoms with E-state index in [9.17, 15) is 9.18 Å². The summed E-state index contributed by atoms with van der Waals surface area (Å²) in [5, 5.41) is 14.9. The Kier molecular flexibility index (Phi) is 6.03. The van der Waals surface area contributed by atoms with E-state index in [0.717, 1.165) is 29.1 Å². The van der Waals surface area contributed by atoms with Gasteiger partial charge in [0.25, 0.3) is 0 Å². The van der Waals surface area contributed by atoms with Crippen molar-refractivity contribution in [1.82, 2.24) is 10.3 Å². The Hall–Kier alpha value is -1.79. The maximum atomic E-state index is 13.2. The summed E-state index contributed by atoms with van der Waals surface area (Å²) in [4.78, 5) is 16.1. The van der Waals surface area contributed by atoms with Crippen LogP contribution in [0.2, 0.25) is 0 Å². The van der Waals surface area contributed by atoms with E-state index in [0.29, 0.717) is 13.0 Å². The molecule has 22 heavy (non-hydrogen) atoms. The summed E-state index contributed by atoms with van der Waals surface area (Å²) in [6.45, 7) is 1.95. The smallest absolute Gasteiger partial charge is 0.220 e. The fraction of sp³-hybridized carbons (Fsp3) is 0.375. The van der Waals surface area contributed by atoms with Gasteiger partial charge in [-0.25, -0.2) is 9.37 Å². The monoisotopic (exact) mass is 322 g/mol. The fourth-order valence-corrected chi connectivity index (χ4v) is 2.75. The number of carbonyl (C=O) groups is 1. The van der Waals surface area contributed by atoms with E-state index in [1.54, 1.807) is 23.5 Å². The second-order valence-corrected chi connectivity index (χ2v) is 6.13. The number of hydrogen-bond acceptors (Lipinski definition) is 4. The van der Waals surface area contributed by atoms with E-state index in [2.05, 4.69) is 10.3 Å². The van der Waals surface area contributed by atoms with Crippen LogP contribution in [0.4, 0.5) is 4.39 Å². The first-order valence-corrected chi connectivity index (χ1v) is 8.02. The molecule has 4 nitrogen and oxygen atoms in total. The second kappa shape index (κ2) is 8.00. The Bertz CT molecular complexity index is 643. The largest absolute Gasteiger partial charge is 0.392 e. The predicted molar refractivity (Wildman–Crippen MR) is 84.0 cm³/mol. The van der Waals surface area contributed by atoms with Gasteiger partial charge in [-0.05, 0) is 37.5 Å². The molecule has 0 aliphatic carbocycles. The molecule has 0 spiro atoms. The topological polar surface area (TPSA) is 62.2 Å². The summed E-state index contributed by atoms with van der Waals surface area (Å²) < 4.78 is 13.2. The average molecular weight is 322 g/mol. The van der Waals surface area contributed by atoms with Crippen molar-refractivity contribution in [2.75, 3.05) is 0 Å². The standard InChI is InChI=1S/C16H19FN2O2S/c1-11-19-14(10-22-11)3-2-4-16(21)18-8-12-5-6-15(17)13(7-12)9-20/h5-7,10,20H,2-4,8-9H2,1H3,(H,18,21). The van der Waals surface area contributed by atoms with Gasteiger partial charge in [0.1, 0.15) is 5.82 Å². The van der Waals surface area contributed by atoms with Gasteiger partial charge in [-0.1, -0.05) is 6.07 Å². The molecule has 0 bridgehead atoms. The Morgan fingerprint density at radius 3 is 2.95 bits per heavy atom. The van der Waals surface area contributed by atoms with Crippen molar-refractivity contribution in [2.24, 2.45) is 0 Å². The van der Waals surface area contributed by atoms with Crippen LogP contribution in [0.15, 0.2) is 23.6 Å². The molecule has 0 radical (unpaired) electrons. The first-order valence-electron chi connectivity index (χ1n) is 7.14. The Balaban J connectivity index is 1.73. The van der Waals surface area contributed by atoms with Gasteiger partial charge >= 0.3 is 0 Å². The highest BCUT2D eigenvalue weighted by Gasteiger charge is 2.06. The van der Waals surface area contributed by atoms with E-state index in [1.807, 2.05) is 12.3 Å². The summed E-state index contributed by atoms with van der Waals surface area (Å²) in [5.74, 6) is -0.474. The molecule has 6 heteroatoms. The molecule has 1 aromatic heterocycles. The zero-order chi connectivity index (χ0) is 15.9. The van der Waals surface area contributed by atoms with Crippen molar-refractivity contribution < 1.29 is 14.3 Å². The SMILES string of the molecule is Cc1nc(CCCC(=O)NCc2ccc(F)c(CO)c2)cs1. The summed E-state index contributed by atoms with van der Waals surface area (Å²) in [5.41, 5.74) is 2.04. The fourth-order valence-electron chi connectivity index (χ4n) is 2.10. The van der Waals surface area contributed by atoms with Gasteiger partial charge in [0.2, 0.25) is 5.91 Å². The number of nitrogens with zero attached hydrogens (tertiary/aromatic N) is 1. The van der Waals surface area contributed by atoms with Crippen LogP contribution in [-0.4, -0.2) is 16.0 Å². The number of aromatic nitrogens is 1. The first kappa shape index (κ1) is 16.6. The maximum Gasteiger partial charge on any atom is 0.220 e. The number of nitrogens with one attached hydrogen (secondary N) is 1. The van der Waals surface area contributed by atoms with Crippen molar-refractivity contribution in [3.8, 4) is 0 Å². The molecule has 0 saturated heterocycles. The number of halogens is 1. The number of aliphatic hydroxyl groups is 1. The number of benzene rings is 1. The van der Waals surface area contributed by atoms with Crippen LogP contribution in [0.3, 0.4) is 0 Å². The lowest BCUT2D eigenvalue weighted by Gasteiger charge is -2.07. The number of hydrogen-bond donors (Lipinski definition) is 2. The highest BCUT2D eigenvalue weighted by molar-refractivity contribution is 7.09. The molecule has 118 valence electrons. The van der Waals surface area contributed by atoms with Crippen molar-refractivity contribution in [1.29, 1.82) is 0 Å². The predicted octanol–water partition coefficient (Wildman–Crippen LogP) is 2.72. The minimum atomic E-state index is -0.434. The normalized spacial score (nSPS) is 10.7. The molecule has 0 unspecified atom stereocenters. The Labute approximate surface area is 133 Å². The van der Waals surface area contributed by atoms with E-state index in [4.69, 9.17) is 5.11 Å². The minimum absolute atomic E-state index is 0.0400. The molecule has 1 amide bonds. The molecule has 1 heterocycles. The zero-order valence-electron chi connectivity index (χ0n) is 12.4. The lowest BCUT2D eigenvalue weighted by atomic mass is 10.1. The van der Waals surface area contributed by atoms with Crippen LogP contribution in [0, 0.1) is 12.7 Å². The molecule has 0 aliphatic rings. The zero-order valence-corrected chi connectivity index (χ0v) is 13.3. The molecule has 2 rings (SSSR count). The first-order chi connectivity index (χ1) is 10.6. The third kappa shape index (κ3) is 4.89.